The second kappa shape index (κ2) is 10.9. The standard InChI is InChI=1S/C25H40O2/c1-4-5-6-7-8-9-10-11-17-25(2,3)21-15-16-23(24(27)19-21)20-13-12-14-22(26)18-20/h15-16,19-20,27H,4-14,17-18H2,1-3H3. The number of phenolic OH excluding ortho intramolecular Hbond substituents is 1. The van der Waals surface area contributed by atoms with Crippen LogP contribution in [0.3, 0.4) is 0 Å². The summed E-state index contributed by atoms with van der Waals surface area (Å²) in [5.74, 6) is 0.928. The van der Waals surface area contributed by atoms with E-state index in [0.717, 1.165) is 24.8 Å². The molecule has 1 saturated carbocycles. The number of ketones is 1. The molecule has 1 N–H and O–H groups in total. The molecule has 1 fully saturated rings. The lowest BCUT2D eigenvalue weighted by Gasteiger charge is -2.27. The summed E-state index contributed by atoms with van der Waals surface area (Å²) in [5, 5.41) is 10.6. The lowest BCUT2D eigenvalue weighted by molar-refractivity contribution is -0.120. The second-order valence-electron chi connectivity index (χ2n) is 9.21. The predicted molar refractivity (Wildman–Crippen MR) is 115 cm³/mol. The Kier molecular flexibility index (Phi) is 8.86. The molecule has 0 amide bonds. The summed E-state index contributed by atoms with van der Waals surface area (Å²) in [5.41, 5.74) is 2.27. The van der Waals surface area contributed by atoms with Gasteiger partial charge in [0, 0.05) is 12.8 Å². The van der Waals surface area contributed by atoms with Gasteiger partial charge in [-0.15, -0.1) is 0 Å². The molecular formula is C25H40O2. The molecule has 0 aliphatic heterocycles. The van der Waals surface area contributed by atoms with Crippen LogP contribution in [0.15, 0.2) is 18.2 Å². The van der Waals surface area contributed by atoms with E-state index >= 15 is 0 Å². The number of aromatic hydroxyl groups is 1. The van der Waals surface area contributed by atoms with Gasteiger partial charge in [0.1, 0.15) is 11.5 Å². The van der Waals surface area contributed by atoms with E-state index < -0.39 is 0 Å². The van der Waals surface area contributed by atoms with Crippen molar-refractivity contribution in [3.8, 4) is 5.75 Å². The van der Waals surface area contributed by atoms with Gasteiger partial charge in [-0.1, -0.05) is 84.3 Å². The third kappa shape index (κ3) is 6.97. The Morgan fingerprint density at radius 3 is 2.33 bits per heavy atom. The summed E-state index contributed by atoms with van der Waals surface area (Å²) < 4.78 is 0. The smallest absolute Gasteiger partial charge is 0.133 e. The number of carbonyl (C=O) groups excluding carboxylic acids is 1. The molecule has 1 aromatic carbocycles. The number of rotatable bonds is 11. The molecule has 27 heavy (non-hydrogen) atoms. The Morgan fingerprint density at radius 2 is 1.70 bits per heavy atom. The van der Waals surface area contributed by atoms with Crippen molar-refractivity contribution in [1.29, 1.82) is 0 Å². The highest BCUT2D eigenvalue weighted by atomic mass is 16.3. The number of carbonyl (C=O) groups is 1. The zero-order valence-corrected chi connectivity index (χ0v) is 17.9. The monoisotopic (exact) mass is 372 g/mol. The minimum atomic E-state index is 0.0839. The molecule has 1 aliphatic rings. The number of hydrogen-bond acceptors (Lipinski definition) is 2. The maximum Gasteiger partial charge on any atom is 0.133 e. The minimum Gasteiger partial charge on any atom is -0.508 e. The van der Waals surface area contributed by atoms with Gasteiger partial charge in [-0.3, -0.25) is 4.79 Å². The van der Waals surface area contributed by atoms with E-state index in [2.05, 4.69) is 32.9 Å². The first-order valence-electron chi connectivity index (χ1n) is 11.3. The van der Waals surface area contributed by atoms with Crippen LogP contribution >= 0.6 is 0 Å². The second-order valence-corrected chi connectivity index (χ2v) is 9.21. The molecule has 1 unspecified atom stereocenters. The normalized spacial score (nSPS) is 18.0. The first-order chi connectivity index (χ1) is 12.9. The van der Waals surface area contributed by atoms with Gasteiger partial charge < -0.3 is 5.11 Å². The quantitative estimate of drug-likeness (QED) is 0.410. The van der Waals surface area contributed by atoms with Gasteiger partial charge in [0.15, 0.2) is 0 Å². The number of benzene rings is 1. The highest BCUT2D eigenvalue weighted by Gasteiger charge is 2.26. The van der Waals surface area contributed by atoms with E-state index in [-0.39, 0.29) is 11.3 Å². The molecule has 0 saturated heterocycles. The van der Waals surface area contributed by atoms with Gasteiger partial charge in [-0.25, -0.2) is 0 Å². The van der Waals surface area contributed by atoms with Crippen LogP contribution in [0, 0.1) is 0 Å². The Bertz CT molecular complexity index is 588. The van der Waals surface area contributed by atoms with Gasteiger partial charge in [-0.2, -0.15) is 0 Å². The van der Waals surface area contributed by atoms with Gasteiger partial charge in [0.05, 0.1) is 0 Å². The summed E-state index contributed by atoms with van der Waals surface area (Å²) in [6.07, 6.45) is 15.2. The molecule has 0 heterocycles. The maximum absolute atomic E-state index is 11.7. The van der Waals surface area contributed by atoms with Crippen molar-refractivity contribution in [3.63, 3.8) is 0 Å². The molecule has 2 rings (SSSR count). The number of phenols is 1. The lowest BCUT2D eigenvalue weighted by atomic mass is 9.77. The summed E-state index contributed by atoms with van der Waals surface area (Å²) in [6.45, 7) is 6.83. The molecule has 1 aliphatic carbocycles. The summed E-state index contributed by atoms with van der Waals surface area (Å²) >= 11 is 0. The molecule has 2 heteroatoms. The fraction of sp³-hybridized carbons (Fsp3) is 0.720. The van der Waals surface area contributed by atoms with Gasteiger partial charge >= 0.3 is 0 Å². The topological polar surface area (TPSA) is 37.3 Å². The van der Waals surface area contributed by atoms with Crippen molar-refractivity contribution >= 4 is 5.78 Å². The Morgan fingerprint density at radius 1 is 1.04 bits per heavy atom. The molecule has 0 bridgehead atoms. The van der Waals surface area contributed by atoms with Crippen molar-refractivity contribution in [3.05, 3.63) is 29.3 Å². The van der Waals surface area contributed by atoms with Crippen LogP contribution in [0.5, 0.6) is 5.75 Å². The maximum atomic E-state index is 11.7. The largest absolute Gasteiger partial charge is 0.508 e. The van der Waals surface area contributed by atoms with Crippen LogP contribution in [-0.2, 0) is 10.2 Å². The SMILES string of the molecule is CCCCCCCCCCC(C)(C)c1ccc(C2CCCC(=O)C2)c(O)c1. The summed E-state index contributed by atoms with van der Waals surface area (Å²) in [7, 11) is 0. The van der Waals surface area contributed by atoms with E-state index in [9.17, 15) is 9.90 Å². The highest BCUT2D eigenvalue weighted by molar-refractivity contribution is 5.80. The van der Waals surface area contributed by atoms with E-state index in [0.29, 0.717) is 24.4 Å². The predicted octanol–water partition coefficient (Wildman–Crippen LogP) is 7.43. The van der Waals surface area contributed by atoms with Crippen LogP contribution in [0.25, 0.3) is 0 Å². The zero-order chi connectivity index (χ0) is 19.7. The highest BCUT2D eigenvalue weighted by Crippen LogP contribution is 2.39. The van der Waals surface area contributed by atoms with Crippen molar-refractivity contribution in [2.45, 2.75) is 116 Å². The summed E-state index contributed by atoms with van der Waals surface area (Å²) in [4.78, 5) is 11.7. The van der Waals surface area contributed by atoms with E-state index in [1.54, 1.807) is 0 Å². The summed E-state index contributed by atoms with van der Waals surface area (Å²) in [6, 6.07) is 6.21. The van der Waals surface area contributed by atoms with Crippen LogP contribution in [0.1, 0.15) is 121 Å². The zero-order valence-electron chi connectivity index (χ0n) is 17.9. The van der Waals surface area contributed by atoms with Crippen molar-refractivity contribution in [1.82, 2.24) is 0 Å². The third-order valence-corrected chi connectivity index (χ3v) is 6.39. The van der Waals surface area contributed by atoms with E-state index in [4.69, 9.17) is 0 Å². The van der Waals surface area contributed by atoms with Crippen LogP contribution in [0.4, 0.5) is 0 Å². The van der Waals surface area contributed by atoms with Crippen LogP contribution in [-0.4, -0.2) is 10.9 Å². The van der Waals surface area contributed by atoms with Gasteiger partial charge in [0.25, 0.3) is 0 Å². The van der Waals surface area contributed by atoms with E-state index in [1.807, 2.05) is 6.07 Å². The Balaban J connectivity index is 1.83. The molecule has 0 spiro atoms. The Labute approximate surface area is 166 Å². The number of unbranched alkanes of at least 4 members (excludes halogenated alkanes) is 7. The van der Waals surface area contributed by atoms with Gasteiger partial charge in [0.2, 0.25) is 0 Å². The lowest BCUT2D eigenvalue weighted by Crippen LogP contribution is -2.18. The molecule has 0 aromatic heterocycles. The first-order valence-corrected chi connectivity index (χ1v) is 11.3. The molecular weight excluding hydrogens is 332 g/mol. The van der Waals surface area contributed by atoms with Crippen molar-refractivity contribution < 1.29 is 9.90 Å². The molecule has 1 atom stereocenters. The number of Topliss-reactive ketones (excluding diaryl/α,β-unsaturated/α-hetero) is 1. The fourth-order valence-corrected chi connectivity index (χ4v) is 4.45. The molecule has 0 radical (unpaired) electrons. The van der Waals surface area contributed by atoms with E-state index in [1.165, 1.54) is 56.9 Å². The first kappa shape index (κ1) is 22.0. The Hall–Kier alpha value is -1.31. The fourth-order valence-electron chi connectivity index (χ4n) is 4.45. The third-order valence-electron chi connectivity index (χ3n) is 6.39. The van der Waals surface area contributed by atoms with Crippen molar-refractivity contribution in [2.75, 3.05) is 0 Å². The average Bonchev–Trinajstić information content (AvgIpc) is 2.63. The molecule has 2 nitrogen and oxygen atoms in total. The average molecular weight is 373 g/mol. The van der Waals surface area contributed by atoms with Crippen LogP contribution in [0.2, 0.25) is 0 Å². The molecule has 1 aromatic rings. The van der Waals surface area contributed by atoms with Crippen molar-refractivity contribution in [2.24, 2.45) is 0 Å². The van der Waals surface area contributed by atoms with Gasteiger partial charge in [-0.05, 0) is 47.8 Å². The minimum absolute atomic E-state index is 0.0839. The number of hydrogen-bond donors (Lipinski definition) is 1. The van der Waals surface area contributed by atoms with Crippen LogP contribution < -0.4 is 0 Å². The molecule has 152 valence electrons.